The van der Waals surface area contributed by atoms with Crippen LogP contribution in [0.5, 0.6) is 0 Å². The van der Waals surface area contributed by atoms with E-state index in [-0.39, 0.29) is 0 Å². The summed E-state index contributed by atoms with van der Waals surface area (Å²) in [6.07, 6.45) is 1.92. The zero-order chi connectivity index (χ0) is 14.1. The van der Waals surface area contributed by atoms with Crippen molar-refractivity contribution in [1.29, 1.82) is 0 Å². The van der Waals surface area contributed by atoms with Gasteiger partial charge in [0.1, 0.15) is 10.7 Å². The Balaban J connectivity index is 2.09. The Kier molecular flexibility index (Phi) is 3.83. The predicted molar refractivity (Wildman–Crippen MR) is 88.0 cm³/mol. The van der Waals surface area contributed by atoms with Crippen LogP contribution in [0.25, 0.3) is 21.6 Å². The Hall–Kier alpha value is -1.30. The van der Waals surface area contributed by atoms with Crippen molar-refractivity contribution in [3.05, 3.63) is 45.9 Å². The number of para-hydroxylation sites is 1. The molecule has 0 spiro atoms. The maximum Gasteiger partial charge on any atom is 0.143 e. The smallest absolute Gasteiger partial charge is 0.143 e. The van der Waals surface area contributed by atoms with Crippen LogP contribution in [-0.4, -0.2) is 17.0 Å². The zero-order valence-corrected chi connectivity index (χ0v) is 13.6. The van der Waals surface area contributed by atoms with Crippen molar-refractivity contribution in [2.45, 2.75) is 13.0 Å². The number of nitrogens with one attached hydrogen (secondary N) is 1. The fraction of sp³-hybridized carbons (Fsp3) is 0.200. The van der Waals surface area contributed by atoms with Gasteiger partial charge in [0, 0.05) is 27.0 Å². The summed E-state index contributed by atoms with van der Waals surface area (Å²) in [6.45, 7) is 2.13. The van der Waals surface area contributed by atoms with Gasteiger partial charge in [0.2, 0.25) is 0 Å². The van der Waals surface area contributed by atoms with Crippen LogP contribution in [0, 0.1) is 0 Å². The molecule has 0 saturated carbocycles. The number of aromatic nitrogens is 2. The van der Waals surface area contributed by atoms with E-state index in [1.807, 2.05) is 31.4 Å². The molecule has 5 heteroatoms. The van der Waals surface area contributed by atoms with Gasteiger partial charge in [0.25, 0.3) is 0 Å². The molecular formula is C15H14BrN3S. The van der Waals surface area contributed by atoms with E-state index >= 15 is 0 Å². The Morgan fingerprint density at radius 2 is 2.10 bits per heavy atom. The minimum atomic E-state index is 0.306. The third-order valence-electron chi connectivity index (χ3n) is 3.26. The third-order valence-corrected chi connectivity index (χ3v) is 5.05. The van der Waals surface area contributed by atoms with E-state index in [0.717, 1.165) is 26.1 Å². The predicted octanol–water partition coefficient (Wildman–Crippen LogP) is 4.40. The van der Waals surface area contributed by atoms with Gasteiger partial charge >= 0.3 is 0 Å². The first kappa shape index (κ1) is 13.7. The van der Waals surface area contributed by atoms with E-state index < -0.39 is 0 Å². The monoisotopic (exact) mass is 347 g/mol. The third kappa shape index (κ3) is 2.49. The molecule has 1 aromatic carbocycles. The van der Waals surface area contributed by atoms with Crippen molar-refractivity contribution in [1.82, 2.24) is 15.3 Å². The highest BCUT2D eigenvalue weighted by atomic mass is 79.9. The maximum atomic E-state index is 4.72. The fourth-order valence-electron chi connectivity index (χ4n) is 1.98. The first-order valence-electron chi connectivity index (χ1n) is 6.37. The summed E-state index contributed by atoms with van der Waals surface area (Å²) in [5.41, 5.74) is 1.90. The van der Waals surface area contributed by atoms with Crippen molar-refractivity contribution in [3.8, 4) is 10.7 Å². The standard InChI is InChI=1S/C15H14BrN3S/c1-9(17-2)13-8-18-15(20-13)14-11(16)7-10-5-3-4-6-12(10)19-14/h3-9,17H,1-2H3. The topological polar surface area (TPSA) is 37.8 Å². The molecule has 2 aromatic heterocycles. The van der Waals surface area contributed by atoms with E-state index in [1.165, 1.54) is 4.88 Å². The minimum absolute atomic E-state index is 0.306. The second kappa shape index (κ2) is 5.60. The Morgan fingerprint density at radius 1 is 1.30 bits per heavy atom. The summed E-state index contributed by atoms with van der Waals surface area (Å²) in [4.78, 5) is 10.4. The number of hydrogen-bond acceptors (Lipinski definition) is 4. The Bertz CT molecular complexity index is 754. The molecule has 2 heterocycles. The van der Waals surface area contributed by atoms with E-state index in [0.29, 0.717) is 6.04 Å². The average Bonchev–Trinajstić information content (AvgIpc) is 2.95. The highest BCUT2D eigenvalue weighted by Crippen LogP contribution is 2.33. The molecule has 0 aliphatic rings. The molecule has 0 fully saturated rings. The van der Waals surface area contributed by atoms with Crippen LogP contribution in [0.4, 0.5) is 0 Å². The molecule has 0 aliphatic heterocycles. The van der Waals surface area contributed by atoms with Crippen LogP contribution in [0.3, 0.4) is 0 Å². The van der Waals surface area contributed by atoms with E-state index in [9.17, 15) is 0 Å². The fourth-order valence-corrected chi connectivity index (χ4v) is 3.61. The van der Waals surface area contributed by atoms with Gasteiger partial charge in [-0.25, -0.2) is 9.97 Å². The number of rotatable bonds is 3. The largest absolute Gasteiger partial charge is 0.312 e. The quantitative estimate of drug-likeness (QED) is 0.762. The van der Waals surface area contributed by atoms with Crippen molar-refractivity contribution in [2.75, 3.05) is 7.05 Å². The lowest BCUT2D eigenvalue weighted by molar-refractivity contribution is 0.662. The van der Waals surface area contributed by atoms with Crippen molar-refractivity contribution in [2.24, 2.45) is 0 Å². The summed E-state index contributed by atoms with van der Waals surface area (Å²) in [5, 5.41) is 5.30. The molecule has 20 heavy (non-hydrogen) atoms. The first-order chi connectivity index (χ1) is 9.69. The van der Waals surface area contributed by atoms with Crippen LogP contribution >= 0.6 is 27.3 Å². The van der Waals surface area contributed by atoms with Gasteiger partial charge in [0.15, 0.2) is 0 Å². The molecule has 0 saturated heterocycles. The number of nitrogens with zero attached hydrogens (tertiary/aromatic N) is 2. The number of pyridine rings is 1. The van der Waals surface area contributed by atoms with E-state index in [2.05, 4.69) is 45.3 Å². The van der Waals surface area contributed by atoms with Gasteiger partial charge < -0.3 is 5.32 Å². The normalized spacial score (nSPS) is 12.8. The number of benzene rings is 1. The van der Waals surface area contributed by atoms with Gasteiger partial charge in [0.05, 0.1) is 5.52 Å². The molecule has 0 bridgehead atoms. The van der Waals surface area contributed by atoms with E-state index in [4.69, 9.17) is 4.98 Å². The van der Waals surface area contributed by atoms with Gasteiger partial charge in [-0.05, 0) is 42.0 Å². The molecule has 1 atom stereocenters. The highest BCUT2D eigenvalue weighted by molar-refractivity contribution is 9.10. The number of thiazole rings is 1. The van der Waals surface area contributed by atoms with Crippen LogP contribution in [0.2, 0.25) is 0 Å². The van der Waals surface area contributed by atoms with Gasteiger partial charge in [-0.3, -0.25) is 0 Å². The van der Waals surface area contributed by atoms with Crippen LogP contribution in [0.1, 0.15) is 17.8 Å². The lowest BCUT2D eigenvalue weighted by atomic mass is 10.2. The van der Waals surface area contributed by atoms with Crippen LogP contribution in [0.15, 0.2) is 41.0 Å². The molecule has 102 valence electrons. The van der Waals surface area contributed by atoms with Crippen molar-refractivity contribution < 1.29 is 0 Å². The average molecular weight is 348 g/mol. The van der Waals surface area contributed by atoms with Crippen LogP contribution < -0.4 is 5.32 Å². The lowest BCUT2D eigenvalue weighted by Crippen LogP contribution is -2.10. The van der Waals surface area contributed by atoms with Crippen molar-refractivity contribution >= 4 is 38.2 Å². The van der Waals surface area contributed by atoms with Gasteiger partial charge in [-0.2, -0.15) is 0 Å². The number of halogens is 1. The first-order valence-corrected chi connectivity index (χ1v) is 7.98. The Labute approximate surface area is 130 Å². The molecule has 3 aromatic rings. The minimum Gasteiger partial charge on any atom is -0.312 e. The highest BCUT2D eigenvalue weighted by Gasteiger charge is 2.13. The van der Waals surface area contributed by atoms with Gasteiger partial charge in [-0.15, -0.1) is 11.3 Å². The molecule has 1 N–H and O–H groups in total. The summed E-state index contributed by atoms with van der Waals surface area (Å²) in [7, 11) is 1.95. The maximum absolute atomic E-state index is 4.72. The Morgan fingerprint density at radius 3 is 2.90 bits per heavy atom. The SMILES string of the molecule is CNC(C)c1cnc(-c2nc3ccccc3cc2Br)s1. The molecule has 0 radical (unpaired) electrons. The molecule has 0 aliphatic carbocycles. The number of fused-ring (bicyclic) bond motifs is 1. The second-order valence-corrected chi connectivity index (χ2v) is 6.51. The van der Waals surface area contributed by atoms with E-state index in [1.54, 1.807) is 11.3 Å². The molecule has 3 rings (SSSR count). The molecular weight excluding hydrogens is 334 g/mol. The summed E-state index contributed by atoms with van der Waals surface area (Å²) in [6, 6.07) is 10.5. The molecule has 0 amide bonds. The van der Waals surface area contributed by atoms with Crippen LogP contribution in [-0.2, 0) is 0 Å². The summed E-state index contributed by atoms with van der Waals surface area (Å²) >= 11 is 5.28. The second-order valence-electron chi connectivity index (χ2n) is 4.59. The molecule has 1 unspecified atom stereocenters. The molecule has 3 nitrogen and oxygen atoms in total. The zero-order valence-electron chi connectivity index (χ0n) is 11.2. The van der Waals surface area contributed by atoms with Crippen molar-refractivity contribution in [3.63, 3.8) is 0 Å². The summed E-state index contributed by atoms with van der Waals surface area (Å²) < 4.78 is 0.981. The number of hydrogen-bond donors (Lipinski definition) is 1. The van der Waals surface area contributed by atoms with Gasteiger partial charge in [-0.1, -0.05) is 18.2 Å². The summed E-state index contributed by atoms with van der Waals surface area (Å²) in [5.74, 6) is 0. The lowest BCUT2D eigenvalue weighted by Gasteiger charge is -2.05.